The van der Waals surface area contributed by atoms with Crippen molar-refractivity contribution in [2.75, 3.05) is 0 Å². The number of carbonyl (C=O) groups is 1. The van der Waals surface area contributed by atoms with Crippen LogP contribution >= 0.6 is 0 Å². The van der Waals surface area contributed by atoms with E-state index in [0.717, 1.165) is 11.8 Å². The molecule has 76 valence electrons. The molecule has 0 aliphatic carbocycles. The van der Waals surface area contributed by atoms with Crippen LogP contribution in [0, 0.1) is 5.92 Å². The summed E-state index contributed by atoms with van der Waals surface area (Å²) in [6.45, 7) is 1.85. The van der Waals surface area contributed by atoms with Gasteiger partial charge < -0.3 is 15.0 Å². The molecule has 0 saturated heterocycles. The van der Waals surface area contributed by atoms with E-state index in [4.69, 9.17) is 10.2 Å². The summed E-state index contributed by atoms with van der Waals surface area (Å²) in [7, 11) is 0. The molecule has 1 aromatic rings. The van der Waals surface area contributed by atoms with E-state index in [1.54, 1.807) is 24.3 Å². The van der Waals surface area contributed by atoms with Gasteiger partial charge in [0.2, 0.25) is 0 Å². The van der Waals surface area contributed by atoms with Crippen molar-refractivity contribution < 1.29 is 15.0 Å². The lowest BCUT2D eigenvalue weighted by atomic mass is 10.0. The van der Waals surface area contributed by atoms with E-state index in [2.05, 4.69) is 0 Å². The summed E-state index contributed by atoms with van der Waals surface area (Å²) < 4.78 is 0. The van der Waals surface area contributed by atoms with Crippen LogP contribution in [0.5, 0.6) is 0 Å². The molecule has 0 bridgehead atoms. The highest BCUT2D eigenvalue weighted by Crippen LogP contribution is 2.13. The zero-order chi connectivity index (χ0) is 10.6. The lowest BCUT2D eigenvalue weighted by molar-refractivity contribution is -0.110. The van der Waals surface area contributed by atoms with E-state index in [-0.39, 0.29) is 5.92 Å². The molecule has 3 heteroatoms. The minimum atomic E-state index is -1.42. The number of aliphatic hydroxyl groups excluding tert-OH is 1. The zero-order valence-corrected chi connectivity index (χ0v) is 8.05. The molecular formula is C11H14O3. The van der Waals surface area contributed by atoms with Crippen molar-refractivity contribution in [1.82, 2.24) is 0 Å². The Morgan fingerprint density at radius 2 is 1.86 bits per heavy atom. The Morgan fingerprint density at radius 3 is 2.29 bits per heavy atom. The molecule has 0 fully saturated rings. The van der Waals surface area contributed by atoms with Crippen LogP contribution in [0.2, 0.25) is 0 Å². The second kappa shape index (κ2) is 4.88. The standard InChI is InChI=1S/C11H14O3/c1-8(7-12)6-9-2-4-10(5-3-9)11(13)14/h2-5,7-8,11,13-14H,6H2,1H3. The molecule has 1 aromatic carbocycles. The Labute approximate surface area is 83.0 Å². The summed E-state index contributed by atoms with van der Waals surface area (Å²) >= 11 is 0. The predicted octanol–water partition coefficient (Wildman–Crippen LogP) is 1.05. The summed E-state index contributed by atoms with van der Waals surface area (Å²) in [6, 6.07) is 6.90. The summed E-state index contributed by atoms with van der Waals surface area (Å²) in [5, 5.41) is 17.7. The Morgan fingerprint density at radius 1 is 1.29 bits per heavy atom. The van der Waals surface area contributed by atoms with Crippen LogP contribution < -0.4 is 0 Å². The van der Waals surface area contributed by atoms with Crippen LogP contribution in [0.4, 0.5) is 0 Å². The number of rotatable bonds is 4. The average Bonchev–Trinajstić information content (AvgIpc) is 2.18. The highest BCUT2D eigenvalue weighted by atomic mass is 16.5. The van der Waals surface area contributed by atoms with Crippen molar-refractivity contribution in [2.45, 2.75) is 19.6 Å². The van der Waals surface area contributed by atoms with Crippen LogP contribution in [0.25, 0.3) is 0 Å². The normalized spacial score (nSPS) is 12.9. The van der Waals surface area contributed by atoms with Crippen molar-refractivity contribution in [3.05, 3.63) is 35.4 Å². The van der Waals surface area contributed by atoms with Gasteiger partial charge in [-0.15, -0.1) is 0 Å². The van der Waals surface area contributed by atoms with Gasteiger partial charge in [0.15, 0.2) is 6.29 Å². The van der Waals surface area contributed by atoms with Gasteiger partial charge in [-0.2, -0.15) is 0 Å². The maximum absolute atomic E-state index is 10.4. The molecule has 2 N–H and O–H groups in total. The number of carbonyl (C=O) groups excluding carboxylic acids is 1. The average molecular weight is 194 g/mol. The van der Waals surface area contributed by atoms with Gasteiger partial charge in [0, 0.05) is 11.5 Å². The molecule has 0 aliphatic rings. The third-order valence-electron chi connectivity index (χ3n) is 2.07. The largest absolute Gasteiger partial charge is 0.364 e. The lowest BCUT2D eigenvalue weighted by Crippen LogP contribution is -2.01. The molecule has 0 spiro atoms. The molecule has 0 aromatic heterocycles. The molecular weight excluding hydrogens is 180 g/mol. The van der Waals surface area contributed by atoms with Crippen molar-refractivity contribution in [1.29, 1.82) is 0 Å². The second-order valence-electron chi connectivity index (χ2n) is 3.43. The minimum Gasteiger partial charge on any atom is -0.364 e. The van der Waals surface area contributed by atoms with E-state index >= 15 is 0 Å². The Hall–Kier alpha value is -1.19. The maximum atomic E-state index is 10.4. The fraction of sp³-hybridized carbons (Fsp3) is 0.364. The van der Waals surface area contributed by atoms with Gasteiger partial charge in [-0.3, -0.25) is 0 Å². The fourth-order valence-corrected chi connectivity index (χ4v) is 1.25. The molecule has 3 nitrogen and oxygen atoms in total. The Balaban J connectivity index is 2.68. The van der Waals surface area contributed by atoms with E-state index in [1.165, 1.54) is 0 Å². The summed E-state index contributed by atoms with van der Waals surface area (Å²) in [5.74, 6) is -0.0000926. The first-order valence-electron chi connectivity index (χ1n) is 4.53. The highest BCUT2D eigenvalue weighted by Gasteiger charge is 2.04. The topological polar surface area (TPSA) is 57.5 Å². The number of benzene rings is 1. The zero-order valence-electron chi connectivity index (χ0n) is 8.05. The van der Waals surface area contributed by atoms with Gasteiger partial charge in [0.05, 0.1) is 0 Å². The van der Waals surface area contributed by atoms with Gasteiger partial charge in [-0.25, -0.2) is 0 Å². The molecule has 0 radical (unpaired) electrons. The van der Waals surface area contributed by atoms with Gasteiger partial charge in [-0.1, -0.05) is 31.2 Å². The lowest BCUT2D eigenvalue weighted by Gasteiger charge is -2.06. The monoisotopic (exact) mass is 194 g/mol. The number of hydrogen-bond donors (Lipinski definition) is 2. The smallest absolute Gasteiger partial charge is 0.178 e. The molecule has 14 heavy (non-hydrogen) atoms. The third-order valence-corrected chi connectivity index (χ3v) is 2.07. The fourth-order valence-electron chi connectivity index (χ4n) is 1.25. The maximum Gasteiger partial charge on any atom is 0.178 e. The minimum absolute atomic E-state index is 0.0000926. The summed E-state index contributed by atoms with van der Waals surface area (Å²) in [5.41, 5.74) is 1.49. The third kappa shape index (κ3) is 2.94. The van der Waals surface area contributed by atoms with Gasteiger partial charge >= 0.3 is 0 Å². The van der Waals surface area contributed by atoms with E-state index < -0.39 is 6.29 Å². The van der Waals surface area contributed by atoms with Crippen molar-refractivity contribution >= 4 is 6.29 Å². The SMILES string of the molecule is CC(C=O)Cc1ccc(C(O)O)cc1. The molecule has 1 unspecified atom stereocenters. The van der Waals surface area contributed by atoms with Crippen LogP contribution in [-0.4, -0.2) is 16.5 Å². The predicted molar refractivity (Wildman–Crippen MR) is 52.6 cm³/mol. The number of aliphatic hydroxyl groups is 2. The van der Waals surface area contributed by atoms with E-state index in [9.17, 15) is 4.79 Å². The molecule has 0 saturated carbocycles. The van der Waals surface area contributed by atoms with Gasteiger partial charge in [-0.05, 0) is 12.0 Å². The van der Waals surface area contributed by atoms with Crippen LogP contribution in [0.15, 0.2) is 24.3 Å². The number of aldehydes is 1. The van der Waals surface area contributed by atoms with E-state index in [1.807, 2.05) is 6.92 Å². The van der Waals surface area contributed by atoms with Crippen LogP contribution in [-0.2, 0) is 11.2 Å². The van der Waals surface area contributed by atoms with Gasteiger partial charge in [0.1, 0.15) is 6.29 Å². The summed E-state index contributed by atoms with van der Waals surface area (Å²) in [6.07, 6.45) is 0.174. The second-order valence-corrected chi connectivity index (χ2v) is 3.43. The molecule has 0 amide bonds. The molecule has 0 aliphatic heterocycles. The van der Waals surface area contributed by atoms with Gasteiger partial charge in [0.25, 0.3) is 0 Å². The first kappa shape index (κ1) is 10.9. The van der Waals surface area contributed by atoms with E-state index in [0.29, 0.717) is 12.0 Å². The molecule has 1 atom stereocenters. The van der Waals surface area contributed by atoms with Crippen molar-refractivity contribution in [2.24, 2.45) is 5.92 Å². The Kier molecular flexibility index (Phi) is 3.80. The number of hydrogen-bond acceptors (Lipinski definition) is 3. The van der Waals surface area contributed by atoms with Crippen molar-refractivity contribution in [3.63, 3.8) is 0 Å². The first-order chi connectivity index (χ1) is 6.63. The van der Waals surface area contributed by atoms with Crippen LogP contribution in [0.3, 0.4) is 0 Å². The van der Waals surface area contributed by atoms with Crippen molar-refractivity contribution in [3.8, 4) is 0 Å². The molecule has 1 rings (SSSR count). The van der Waals surface area contributed by atoms with Crippen LogP contribution in [0.1, 0.15) is 24.3 Å². The first-order valence-corrected chi connectivity index (χ1v) is 4.53. The Bertz CT molecular complexity index is 290. The molecule has 0 heterocycles. The highest BCUT2D eigenvalue weighted by molar-refractivity contribution is 5.53. The quantitative estimate of drug-likeness (QED) is 0.556. The summed E-state index contributed by atoms with van der Waals surface area (Å²) in [4.78, 5) is 10.4.